The molecular formula is C16H19BrO4. The van der Waals surface area contributed by atoms with Crippen LogP contribution in [0.3, 0.4) is 0 Å². The largest absolute Gasteiger partial charge is 0.462 e. The summed E-state index contributed by atoms with van der Waals surface area (Å²) in [5.74, 6) is -1.11. The molecule has 1 fully saturated rings. The van der Waals surface area contributed by atoms with Crippen molar-refractivity contribution in [2.24, 2.45) is 0 Å². The van der Waals surface area contributed by atoms with Crippen LogP contribution in [-0.4, -0.2) is 24.5 Å². The van der Waals surface area contributed by atoms with Gasteiger partial charge in [0.05, 0.1) is 6.61 Å². The minimum atomic E-state index is -0.705. The summed E-state index contributed by atoms with van der Waals surface area (Å²) in [5, 5.41) is 0. The summed E-state index contributed by atoms with van der Waals surface area (Å²) in [6.07, 6.45) is 1.08. The molecule has 0 bridgehead atoms. The molecule has 0 radical (unpaired) electrons. The van der Waals surface area contributed by atoms with Crippen molar-refractivity contribution in [3.05, 3.63) is 46.5 Å². The molecule has 4 nitrogen and oxygen atoms in total. The van der Waals surface area contributed by atoms with Gasteiger partial charge in [0.2, 0.25) is 0 Å². The number of halogens is 1. The fraction of sp³-hybridized carbons (Fsp3) is 0.438. The van der Waals surface area contributed by atoms with Crippen molar-refractivity contribution in [1.82, 2.24) is 0 Å². The molecule has 1 aromatic rings. The molecule has 5 heteroatoms. The van der Waals surface area contributed by atoms with Crippen molar-refractivity contribution in [3.8, 4) is 0 Å². The molecule has 2 unspecified atom stereocenters. The first-order chi connectivity index (χ1) is 9.93. The summed E-state index contributed by atoms with van der Waals surface area (Å²) >= 11 is 3.24. The fourth-order valence-electron chi connectivity index (χ4n) is 2.22. The van der Waals surface area contributed by atoms with Crippen LogP contribution in [0.2, 0.25) is 0 Å². The van der Waals surface area contributed by atoms with E-state index in [0.717, 1.165) is 5.56 Å². The summed E-state index contributed by atoms with van der Waals surface area (Å²) in [4.78, 5) is 11.7. The van der Waals surface area contributed by atoms with E-state index in [1.54, 1.807) is 13.0 Å². The normalized spacial score (nSPS) is 24.9. The Morgan fingerprint density at radius 1 is 1.33 bits per heavy atom. The van der Waals surface area contributed by atoms with E-state index in [-0.39, 0.29) is 12.2 Å². The third-order valence-corrected chi connectivity index (χ3v) is 3.63. The number of esters is 1. The van der Waals surface area contributed by atoms with E-state index in [0.29, 0.717) is 11.1 Å². The van der Waals surface area contributed by atoms with Gasteiger partial charge in [-0.1, -0.05) is 30.3 Å². The van der Waals surface area contributed by atoms with Crippen LogP contribution in [0.15, 0.2) is 40.9 Å². The maximum absolute atomic E-state index is 11.7. The Hall–Kier alpha value is -1.17. The minimum absolute atomic E-state index is 0.261. The van der Waals surface area contributed by atoms with E-state index in [1.807, 2.05) is 44.2 Å². The second-order valence-electron chi connectivity index (χ2n) is 5.17. The molecule has 114 valence electrons. The Balaban J connectivity index is 2.23. The highest BCUT2D eigenvalue weighted by Gasteiger charge is 2.41. The predicted octanol–water partition coefficient (Wildman–Crippen LogP) is 3.72. The van der Waals surface area contributed by atoms with Gasteiger partial charge in [0, 0.05) is 0 Å². The second-order valence-corrected chi connectivity index (χ2v) is 6.02. The van der Waals surface area contributed by atoms with Crippen LogP contribution in [0.5, 0.6) is 0 Å². The Morgan fingerprint density at radius 2 is 2.00 bits per heavy atom. The van der Waals surface area contributed by atoms with E-state index < -0.39 is 11.8 Å². The van der Waals surface area contributed by atoms with Crippen molar-refractivity contribution in [2.75, 3.05) is 6.61 Å². The molecule has 1 aromatic carbocycles. The van der Waals surface area contributed by atoms with E-state index >= 15 is 0 Å². The van der Waals surface area contributed by atoms with Crippen LogP contribution in [-0.2, 0) is 19.0 Å². The van der Waals surface area contributed by atoms with Crippen molar-refractivity contribution in [3.63, 3.8) is 0 Å². The Bertz CT molecular complexity index is 524. The van der Waals surface area contributed by atoms with E-state index in [9.17, 15) is 4.79 Å². The summed E-state index contributed by atoms with van der Waals surface area (Å²) in [7, 11) is 0. The molecule has 0 amide bonds. The van der Waals surface area contributed by atoms with Gasteiger partial charge >= 0.3 is 5.97 Å². The first-order valence-corrected chi connectivity index (χ1v) is 7.67. The van der Waals surface area contributed by atoms with E-state index in [1.165, 1.54) is 0 Å². The lowest BCUT2D eigenvalue weighted by Gasteiger charge is -2.16. The van der Waals surface area contributed by atoms with E-state index in [2.05, 4.69) is 15.9 Å². The van der Waals surface area contributed by atoms with Gasteiger partial charge in [-0.2, -0.15) is 0 Å². The zero-order valence-corrected chi connectivity index (χ0v) is 13.9. The lowest BCUT2D eigenvalue weighted by molar-refractivity contribution is -0.144. The lowest BCUT2D eigenvalue weighted by Crippen LogP contribution is -2.21. The Morgan fingerprint density at radius 3 is 2.62 bits per heavy atom. The molecule has 0 saturated carbocycles. The molecule has 0 N–H and O–H groups in total. The van der Waals surface area contributed by atoms with Crippen LogP contribution in [0, 0.1) is 0 Å². The van der Waals surface area contributed by atoms with Gasteiger partial charge in [-0.25, -0.2) is 4.79 Å². The number of carbonyl (C=O) groups is 1. The van der Waals surface area contributed by atoms with Gasteiger partial charge in [-0.3, -0.25) is 0 Å². The highest BCUT2D eigenvalue weighted by molar-refractivity contribution is 9.12. The lowest BCUT2D eigenvalue weighted by atomic mass is 10.0. The number of hydrogen-bond acceptors (Lipinski definition) is 4. The third-order valence-electron chi connectivity index (χ3n) is 3.04. The summed E-state index contributed by atoms with van der Waals surface area (Å²) < 4.78 is 17.1. The topological polar surface area (TPSA) is 44.8 Å². The molecule has 2 rings (SSSR count). The number of benzene rings is 1. The molecular weight excluding hydrogens is 336 g/mol. The van der Waals surface area contributed by atoms with Crippen molar-refractivity contribution < 1.29 is 19.0 Å². The van der Waals surface area contributed by atoms with Gasteiger partial charge in [-0.15, -0.1) is 0 Å². The van der Waals surface area contributed by atoms with Crippen LogP contribution >= 0.6 is 15.9 Å². The van der Waals surface area contributed by atoms with Gasteiger partial charge in [-0.05, 0) is 48.3 Å². The number of hydrogen-bond donors (Lipinski definition) is 0. The van der Waals surface area contributed by atoms with Gasteiger partial charge < -0.3 is 14.2 Å². The zero-order chi connectivity index (χ0) is 15.5. The molecule has 0 spiro atoms. The maximum atomic E-state index is 11.7. The third kappa shape index (κ3) is 4.15. The van der Waals surface area contributed by atoms with Gasteiger partial charge in [0.25, 0.3) is 0 Å². The molecule has 0 aromatic heterocycles. The number of carbonyl (C=O) groups excluding carboxylic acids is 1. The fourth-order valence-corrected chi connectivity index (χ4v) is 2.60. The predicted molar refractivity (Wildman–Crippen MR) is 82.9 cm³/mol. The highest BCUT2D eigenvalue weighted by atomic mass is 79.9. The summed E-state index contributed by atoms with van der Waals surface area (Å²) in [6, 6.07) is 9.81. The van der Waals surface area contributed by atoms with Gasteiger partial charge in [0.1, 0.15) is 16.7 Å². The molecule has 1 saturated heterocycles. The van der Waals surface area contributed by atoms with Crippen LogP contribution < -0.4 is 0 Å². The van der Waals surface area contributed by atoms with Gasteiger partial charge in [0.15, 0.2) is 5.79 Å². The first-order valence-electron chi connectivity index (χ1n) is 6.88. The monoisotopic (exact) mass is 354 g/mol. The Labute approximate surface area is 133 Å². The van der Waals surface area contributed by atoms with Crippen LogP contribution in [0.1, 0.15) is 32.4 Å². The van der Waals surface area contributed by atoms with Crippen LogP contribution in [0.25, 0.3) is 0 Å². The standard InChI is InChI=1S/C16H19BrO4/c1-4-19-15(18)12(17)10-13-14(21-16(2,3)20-13)11-8-6-5-7-9-11/h5-10,13-14H,4H2,1-3H3/b12-10-. The average molecular weight is 355 g/mol. The van der Waals surface area contributed by atoms with Crippen molar-refractivity contribution in [1.29, 1.82) is 0 Å². The average Bonchev–Trinajstić information content (AvgIpc) is 2.75. The summed E-state index contributed by atoms with van der Waals surface area (Å²) in [5.41, 5.74) is 1.01. The van der Waals surface area contributed by atoms with Crippen molar-refractivity contribution in [2.45, 2.75) is 38.8 Å². The molecule has 2 atom stereocenters. The molecule has 1 heterocycles. The molecule has 21 heavy (non-hydrogen) atoms. The molecule has 1 aliphatic rings. The smallest absolute Gasteiger partial charge is 0.344 e. The summed E-state index contributed by atoms with van der Waals surface area (Å²) in [6.45, 7) is 5.81. The second kappa shape index (κ2) is 6.73. The van der Waals surface area contributed by atoms with Crippen LogP contribution in [0.4, 0.5) is 0 Å². The van der Waals surface area contributed by atoms with Crippen molar-refractivity contribution >= 4 is 21.9 Å². The van der Waals surface area contributed by atoms with E-state index in [4.69, 9.17) is 14.2 Å². The first kappa shape index (κ1) is 16.2. The molecule has 1 aliphatic heterocycles. The minimum Gasteiger partial charge on any atom is -0.462 e. The quantitative estimate of drug-likeness (QED) is 0.610. The number of rotatable bonds is 4. The number of ether oxygens (including phenoxy) is 3. The molecule has 0 aliphatic carbocycles. The zero-order valence-electron chi connectivity index (χ0n) is 12.3. The Kier molecular flexibility index (Phi) is 5.19. The maximum Gasteiger partial charge on any atom is 0.344 e. The highest BCUT2D eigenvalue weighted by Crippen LogP contribution is 2.39. The SMILES string of the molecule is CCOC(=O)/C(Br)=C/C1OC(C)(C)OC1c1ccccc1.